The van der Waals surface area contributed by atoms with E-state index in [2.05, 4.69) is 24.5 Å². The highest BCUT2D eigenvalue weighted by molar-refractivity contribution is 7.80. The zero-order chi connectivity index (χ0) is 17.5. The van der Waals surface area contributed by atoms with Gasteiger partial charge < -0.3 is 10.1 Å². The van der Waals surface area contributed by atoms with Gasteiger partial charge in [-0.2, -0.15) is 0 Å². The SMILES string of the molecule is Cc1cc(OCC(=O)NC(=S)Nc2ccccc2)ccc1C(C)C. The Kier molecular flexibility index (Phi) is 6.32. The lowest BCUT2D eigenvalue weighted by Gasteiger charge is -2.13. The van der Waals surface area contributed by atoms with E-state index in [1.165, 1.54) is 5.56 Å². The molecule has 0 radical (unpaired) electrons. The maximum Gasteiger partial charge on any atom is 0.264 e. The van der Waals surface area contributed by atoms with Gasteiger partial charge in [-0.15, -0.1) is 0 Å². The summed E-state index contributed by atoms with van der Waals surface area (Å²) in [6.45, 7) is 6.26. The second-order valence-electron chi connectivity index (χ2n) is 5.83. The minimum atomic E-state index is -0.297. The Balaban J connectivity index is 1.82. The van der Waals surface area contributed by atoms with Gasteiger partial charge in [-0.1, -0.05) is 38.1 Å². The molecule has 0 aliphatic carbocycles. The summed E-state index contributed by atoms with van der Waals surface area (Å²) in [5.41, 5.74) is 3.26. The number of hydrogen-bond acceptors (Lipinski definition) is 3. The van der Waals surface area contributed by atoms with Gasteiger partial charge in [-0.05, 0) is 60.5 Å². The first-order chi connectivity index (χ1) is 11.5. The highest BCUT2D eigenvalue weighted by Gasteiger charge is 2.08. The van der Waals surface area contributed by atoms with E-state index in [0.29, 0.717) is 11.7 Å². The van der Waals surface area contributed by atoms with Crippen molar-refractivity contribution in [3.05, 3.63) is 59.7 Å². The predicted octanol–water partition coefficient (Wildman–Crippen LogP) is 4.01. The van der Waals surface area contributed by atoms with Crippen LogP contribution in [-0.2, 0) is 4.79 Å². The van der Waals surface area contributed by atoms with Crippen molar-refractivity contribution in [3.63, 3.8) is 0 Å². The van der Waals surface area contributed by atoms with Crippen LogP contribution in [0.25, 0.3) is 0 Å². The summed E-state index contributed by atoms with van der Waals surface area (Å²) in [5.74, 6) is 0.840. The molecule has 2 N–H and O–H groups in total. The molecule has 2 aromatic rings. The lowest BCUT2D eigenvalue weighted by molar-refractivity contribution is -0.121. The van der Waals surface area contributed by atoms with E-state index in [-0.39, 0.29) is 17.6 Å². The van der Waals surface area contributed by atoms with Crippen LogP contribution in [0.15, 0.2) is 48.5 Å². The molecular formula is C19H22N2O2S. The third kappa shape index (κ3) is 5.35. The fraction of sp³-hybridized carbons (Fsp3) is 0.263. The number of carbonyl (C=O) groups is 1. The van der Waals surface area contributed by atoms with Gasteiger partial charge >= 0.3 is 0 Å². The molecule has 5 heteroatoms. The van der Waals surface area contributed by atoms with Crippen LogP contribution in [0, 0.1) is 6.92 Å². The first-order valence-corrected chi connectivity index (χ1v) is 8.25. The molecule has 126 valence electrons. The first-order valence-electron chi connectivity index (χ1n) is 7.85. The van der Waals surface area contributed by atoms with Crippen molar-refractivity contribution < 1.29 is 9.53 Å². The maximum absolute atomic E-state index is 11.9. The Hall–Kier alpha value is -2.40. The van der Waals surface area contributed by atoms with Crippen molar-refractivity contribution in [2.24, 2.45) is 0 Å². The van der Waals surface area contributed by atoms with Crippen LogP contribution >= 0.6 is 12.2 Å². The van der Waals surface area contributed by atoms with Crippen LogP contribution < -0.4 is 15.4 Å². The monoisotopic (exact) mass is 342 g/mol. The number of amides is 1. The summed E-state index contributed by atoms with van der Waals surface area (Å²) in [4.78, 5) is 11.9. The first kappa shape index (κ1) is 17.9. The number of carbonyl (C=O) groups excluding carboxylic acids is 1. The number of hydrogen-bond donors (Lipinski definition) is 2. The summed E-state index contributed by atoms with van der Waals surface area (Å²) in [7, 11) is 0. The minimum Gasteiger partial charge on any atom is -0.484 e. The molecule has 0 fully saturated rings. The van der Waals surface area contributed by atoms with Crippen LogP contribution in [0.4, 0.5) is 5.69 Å². The summed E-state index contributed by atoms with van der Waals surface area (Å²) < 4.78 is 5.54. The number of thiocarbonyl (C=S) groups is 1. The summed E-state index contributed by atoms with van der Waals surface area (Å²) in [6.07, 6.45) is 0. The van der Waals surface area contributed by atoms with E-state index in [9.17, 15) is 4.79 Å². The molecule has 0 bridgehead atoms. The number of benzene rings is 2. The lowest BCUT2D eigenvalue weighted by atomic mass is 9.98. The third-order valence-corrected chi connectivity index (χ3v) is 3.72. The molecule has 2 rings (SSSR count). The number of rotatable bonds is 5. The molecule has 0 aliphatic rings. The molecule has 0 saturated carbocycles. The average Bonchev–Trinajstić information content (AvgIpc) is 2.53. The van der Waals surface area contributed by atoms with E-state index in [0.717, 1.165) is 11.3 Å². The largest absolute Gasteiger partial charge is 0.484 e. The second kappa shape index (κ2) is 8.45. The van der Waals surface area contributed by atoms with E-state index in [1.54, 1.807) is 0 Å². The fourth-order valence-electron chi connectivity index (χ4n) is 2.38. The molecule has 0 saturated heterocycles. The van der Waals surface area contributed by atoms with Gasteiger partial charge in [0.05, 0.1) is 0 Å². The van der Waals surface area contributed by atoms with Crippen molar-refractivity contribution in [2.45, 2.75) is 26.7 Å². The molecule has 24 heavy (non-hydrogen) atoms. The molecule has 2 aromatic carbocycles. The number of ether oxygens (including phenoxy) is 1. The van der Waals surface area contributed by atoms with Gasteiger partial charge in [0.25, 0.3) is 5.91 Å². The molecule has 4 nitrogen and oxygen atoms in total. The Morgan fingerprint density at radius 2 is 1.88 bits per heavy atom. The van der Waals surface area contributed by atoms with Crippen molar-refractivity contribution in [1.29, 1.82) is 0 Å². The van der Waals surface area contributed by atoms with E-state index in [4.69, 9.17) is 17.0 Å². The molecular weight excluding hydrogens is 320 g/mol. The van der Waals surface area contributed by atoms with Crippen molar-refractivity contribution in [3.8, 4) is 5.75 Å². The van der Waals surface area contributed by atoms with Gasteiger partial charge in [-0.25, -0.2) is 0 Å². The fourth-order valence-corrected chi connectivity index (χ4v) is 2.61. The molecule has 1 amide bonds. The highest BCUT2D eigenvalue weighted by atomic mass is 32.1. The molecule has 0 heterocycles. The van der Waals surface area contributed by atoms with Crippen LogP contribution in [0.3, 0.4) is 0 Å². The van der Waals surface area contributed by atoms with E-state index in [1.807, 2.05) is 55.5 Å². The quantitative estimate of drug-likeness (QED) is 0.806. The van der Waals surface area contributed by atoms with Crippen molar-refractivity contribution in [1.82, 2.24) is 5.32 Å². The number of anilines is 1. The Morgan fingerprint density at radius 3 is 2.50 bits per heavy atom. The Morgan fingerprint density at radius 1 is 1.17 bits per heavy atom. The van der Waals surface area contributed by atoms with Crippen molar-refractivity contribution in [2.75, 3.05) is 11.9 Å². The van der Waals surface area contributed by atoms with Crippen LogP contribution in [-0.4, -0.2) is 17.6 Å². The van der Waals surface area contributed by atoms with Crippen molar-refractivity contribution >= 4 is 28.9 Å². The molecule has 0 spiro atoms. The zero-order valence-corrected chi connectivity index (χ0v) is 14.9. The van der Waals surface area contributed by atoms with Crippen LogP contribution in [0.5, 0.6) is 5.75 Å². The highest BCUT2D eigenvalue weighted by Crippen LogP contribution is 2.23. The van der Waals surface area contributed by atoms with Gasteiger partial charge in [0.1, 0.15) is 5.75 Å². The second-order valence-corrected chi connectivity index (χ2v) is 6.24. The standard InChI is InChI=1S/C19H22N2O2S/c1-13(2)17-10-9-16(11-14(17)3)23-12-18(22)21-19(24)20-15-7-5-4-6-8-15/h4-11,13H,12H2,1-3H3,(H2,20,21,22,24). The van der Waals surface area contributed by atoms with E-state index < -0.39 is 0 Å². The van der Waals surface area contributed by atoms with Gasteiger partial charge in [-0.3, -0.25) is 10.1 Å². The van der Waals surface area contributed by atoms with Crippen LogP contribution in [0.1, 0.15) is 30.9 Å². The Bertz CT molecular complexity index is 715. The summed E-state index contributed by atoms with van der Waals surface area (Å²) >= 11 is 5.11. The summed E-state index contributed by atoms with van der Waals surface area (Å²) in [6, 6.07) is 15.3. The predicted molar refractivity (Wildman–Crippen MR) is 102 cm³/mol. The lowest BCUT2D eigenvalue weighted by Crippen LogP contribution is -2.37. The normalized spacial score (nSPS) is 10.3. The average molecular weight is 342 g/mol. The number of aryl methyl sites for hydroxylation is 1. The minimum absolute atomic E-state index is 0.0862. The molecule has 0 aromatic heterocycles. The van der Waals surface area contributed by atoms with Gasteiger partial charge in [0.2, 0.25) is 0 Å². The zero-order valence-electron chi connectivity index (χ0n) is 14.1. The smallest absolute Gasteiger partial charge is 0.264 e. The van der Waals surface area contributed by atoms with Gasteiger partial charge in [0, 0.05) is 5.69 Å². The number of nitrogens with one attached hydrogen (secondary N) is 2. The Labute approximate surface area is 148 Å². The topological polar surface area (TPSA) is 50.4 Å². The molecule has 0 unspecified atom stereocenters. The van der Waals surface area contributed by atoms with Crippen LogP contribution in [0.2, 0.25) is 0 Å². The van der Waals surface area contributed by atoms with Gasteiger partial charge in [0.15, 0.2) is 11.7 Å². The van der Waals surface area contributed by atoms with E-state index >= 15 is 0 Å². The summed E-state index contributed by atoms with van der Waals surface area (Å²) in [5, 5.41) is 5.79. The number of para-hydroxylation sites is 1. The molecule has 0 aliphatic heterocycles. The maximum atomic E-state index is 11.9. The third-order valence-electron chi connectivity index (χ3n) is 3.52. The molecule has 0 atom stereocenters.